The molecule has 0 aromatic heterocycles. The third-order valence-corrected chi connectivity index (χ3v) is 4.02. The minimum absolute atomic E-state index is 0.0326. The van der Waals surface area contributed by atoms with Crippen molar-refractivity contribution in [1.29, 1.82) is 0 Å². The van der Waals surface area contributed by atoms with Gasteiger partial charge in [0.15, 0.2) is 0 Å². The van der Waals surface area contributed by atoms with Crippen LogP contribution in [-0.2, 0) is 4.74 Å². The molecule has 2 aliphatic rings. The Labute approximate surface area is 109 Å². The smallest absolute Gasteiger partial charge is 0.410 e. The van der Waals surface area contributed by atoms with Crippen molar-refractivity contribution in [3.63, 3.8) is 0 Å². The van der Waals surface area contributed by atoms with Crippen LogP contribution < -0.4 is 0 Å². The van der Waals surface area contributed by atoms with E-state index in [9.17, 15) is 4.79 Å². The van der Waals surface area contributed by atoms with E-state index in [1.807, 2.05) is 18.7 Å². The Morgan fingerprint density at radius 3 is 2.56 bits per heavy atom. The van der Waals surface area contributed by atoms with Crippen LogP contribution in [0.1, 0.15) is 34.6 Å². The highest BCUT2D eigenvalue weighted by Gasteiger charge is 2.44. The zero-order valence-electron chi connectivity index (χ0n) is 11.9. The fraction of sp³-hybridized carbons (Fsp3) is 0.667. The molecule has 0 saturated carbocycles. The summed E-state index contributed by atoms with van der Waals surface area (Å²) in [4.78, 5) is 13.8. The fourth-order valence-corrected chi connectivity index (χ4v) is 3.02. The van der Waals surface area contributed by atoms with Crippen molar-refractivity contribution >= 4 is 6.09 Å². The Bertz CT molecular complexity index is 397. The maximum absolute atomic E-state index is 11.9. The predicted molar refractivity (Wildman–Crippen MR) is 72.3 cm³/mol. The van der Waals surface area contributed by atoms with E-state index >= 15 is 0 Å². The molecule has 0 N–H and O–H groups in total. The van der Waals surface area contributed by atoms with Gasteiger partial charge < -0.3 is 4.74 Å². The lowest BCUT2D eigenvalue weighted by Crippen LogP contribution is -2.42. The van der Waals surface area contributed by atoms with E-state index in [1.165, 1.54) is 5.57 Å². The van der Waals surface area contributed by atoms with Gasteiger partial charge in [0.25, 0.3) is 0 Å². The summed E-state index contributed by atoms with van der Waals surface area (Å²) in [5.74, 6) is 0.707. The molecule has 3 nitrogen and oxygen atoms in total. The van der Waals surface area contributed by atoms with Gasteiger partial charge in [0.2, 0.25) is 0 Å². The molecule has 0 aromatic rings. The summed E-state index contributed by atoms with van der Waals surface area (Å²) in [6.07, 6.45) is 6.38. The molecule has 0 bridgehead atoms. The first-order chi connectivity index (χ1) is 8.41. The van der Waals surface area contributed by atoms with E-state index in [0.717, 1.165) is 0 Å². The molecule has 1 amide bonds. The van der Waals surface area contributed by atoms with E-state index in [-0.39, 0.29) is 30.2 Å². The molecule has 1 aliphatic heterocycles. The third-order valence-electron chi connectivity index (χ3n) is 4.02. The molecule has 1 heterocycles. The van der Waals surface area contributed by atoms with Crippen LogP contribution in [0.15, 0.2) is 23.8 Å². The van der Waals surface area contributed by atoms with Gasteiger partial charge in [-0.05, 0) is 33.6 Å². The van der Waals surface area contributed by atoms with Gasteiger partial charge in [-0.15, -0.1) is 0 Å². The molecule has 0 spiro atoms. The second kappa shape index (κ2) is 4.79. The Hall–Kier alpha value is -1.25. The lowest BCUT2D eigenvalue weighted by Gasteiger charge is -2.31. The number of carbonyl (C=O) groups is 1. The number of cyclic esters (lactones) is 1. The standard InChI is InChI=1S/C15H23NO2/c1-9(2)16-12(5)14(18-15(16)17)13-8-10(3)6-7-11(13)4/h6-9,11-14H,1-5H3/t11?,12-,13?,14-/m0/s1. The minimum Gasteiger partial charge on any atom is -0.443 e. The van der Waals surface area contributed by atoms with Crippen LogP contribution in [0.3, 0.4) is 0 Å². The number of nitrogens with zero attached hydrogens (tertiary/aromatic N) is 1. The first-order valence-corrected chi connectivity index (χ1v) is 6.77. The number of hydrogen-bond donors (Lipinski definition) is 0. The van der Waals surface area contributed by atoms with E-state index in [4.69, 9.17) is 4.74 Å². The van der Waals surface area contributed by atoms with Crippen molar-refractivity contribution < 1.29 is 9.53 Å². The van der Waals surface area contributed by atoms with Gasteiger partial charge in [-0.2, -0.15) is 0 Å². The molecule has 0 radical (unpaired) electrons. The van der Waals surface area contributed by atoms with Gasteiger partial charge >= 0.3 is 6.09 Å². The lowest BCUT2D eigenvalue weighted by atomic mass is 9.81. The predicted octanol–water partition coefficient (Wildman–Crippen LogP) is 3.37. The molecule has 100 valence electrons. The summed E-state index contributed by atoms with van der Waals surface area (Å²) in [6.45, 7) is 10.4. The maximum Gasteiger partial charge on any atom is 0.410 e. The Kier molecular flexibility index (Phi) is 3.51. The average molecular weight is 249 g/mol. The molecule has 4 atom stereocenters. The van der Waals surface area contributed by atoms with Gasteiger partial charge in [-0.3, -0.25) is 4.90 Å². The van der Waals surface area contributed by atoms with Crippen LogP contribution in [0.4, 0.5) is 4.79 Å². The van der Waals surface area contributed by atoms with Crippen molar-refractivity contribution in [2.75, 3.05) is 0 Å². The largest absolute Gasteiger partial charge is 0.443 e. The van der Waals surface area contributed by atoms with Crippen LogP contribution in [0.5, 0.6) is 0 Å². The van der Waals surface area contributed by atoms with Crippen LogP contribution in [0, 0.1) is 11.8 Å². The summed E-state index contributed by atoms with van der Waals surface area (Å²) in [5.41, 5.74) is 1.25. The summed E-state index contributed by atoms with van der Waals surface area (Å²) >= 11 is 0. The van der Waals surface area contributed by atoms with Gasteiger partial charge in [0.1, 0.15) is 6.10 Å². The van der Waals surface area contributed by atoms with E-state index in [1.54, 1.807) is 0 Å². The zero-order chi connectivity index (χ0) is 13.4. The molecular weight excluding hydrogens is 226 g/mol. The van der Waals surface area contributed by atoms with Gasteiger partial charge in [0.05, 0.1) is 6.04 Å². The highest BCUT2D eigenvalue weighted by molar-refractivity contribution is 5.71. The minimum atomic E-state index is -0.171. The second-order valence-corrected chi connectivity index (χ2v) is 5.80. The molecule has 1 saturated heterocycles. The molecule has 2 unspecified atom stereocenters. The number of ether oxygens (including phenoxy) is 1. The third kappa shape index (κ3) is 2.18. The van der Waals surface area contributed by atoms with Crippen molar-refractivity contribution in [3.05, 3.63) is 23.8 Å². The van der Waals surface area contributed by atoms with E-state index < -0.39 is 0 Å². The zero-order valence-corrected chi connectivity index (χ0v) is 11.9. The first kappa shape index (κ1) is 13.2. The molecule has 1 aliphatic carbocycles. The SMILES string of the molecule is CC1=CC([C@H]2OC(=O)N(C(C)C)[C@H]2C)C(C)C=C1. The summed E-state index contributed by atoms with van der Waals surface area (Å²) < 4.78 is 5.61. The highest BCUT2D eigenvalue weighted by Crippen LogP contribution is 2.34. The average Bonchev–Trinajstić information content (AvgIpc) is 2.57. The van der Waals surface area contributed by atoms with Gasteiger partial charge in [-0.1, -0.05) is 30.7 Å². The molecule has 18 heavy (non-hydrogen) atoms. The Morgan fingerprint density at radius 2 is 2.00 bits per heavy atom. The topological polar surface area (TPSA) is 29.5 Å². The number of amides is 1. The molecule has 1 fully saturated rings. The first-order valence-electron chi connectivity index (χ1n) is 6.77. The van der Waals surface area contributed by atoms with Crippen molar-refractivity contribution in [2.45, 2.75) is 52.8 Å². The molecule has 2 rings (SSSR count). The quantitative estimate of drug-likeness (QED) is 0.751. The van der Waals surface area contributed by atoms with Gasteiger partial charge in [-0.25, -0.2) is 4.79 Å². The summed E-state index contributed by atoms with van der Waals surface area (Å²) in [6, 6.07) is 0.331. The van der Waals surface area contributed by atoms with Crippen LogP contribution in [0.25, 0.3) is 0 Å². The van der Waals surface area contributed by atoms with Crippen LogP contribution >= 0.6 is 0 Å². The monoisotopic (exact) mass is 249 g/mol. The number of allylic oxidation sites excluding steroid dienone is 3. The number of carbonyl (C=O) groups excluding carboxylic acids is 1. The Morgan fingerprint density at radius 1 is 1.33 bits per heavy atom. The van der Waals surface area contributed by atoms with Crippen LogP contribution in [-0.4, -0.2) is 29.2 Å². The summed E-state index contributed by atoms with van der Waals surface area (Å²) in [5, 5.41) is 0. The molecule has 3 heteroatoms. The second-order valence-electron chi connectivity index (χ2n) is 5.80. The van der Waals surface area contributed by atoms with Crippen molar-refractivity contribution in [2.24, 2.45) is 11.8 Å². The number of hydrogen-bond acceptors (Lipinski definition) is 2. The normalized spacial score (nSPS) is 36.0. The lowest BCUT2D eigenvalue weighted by molar-refractivity contribution is 0.0960. The maximum atomic E-state index is 11.9. The van der Waals surface area contributed by atoms with Crippen LogP contribution in [0.2, 0.25) is 0 Å². The number of rotatable bonds is 2. The van der Waals surface area contributed by atoms with E-state index in [0.29, 0.717) is 5.92 Å². The van der Waals surface area contributed by atoms with Gasteiger partial charge in [0, 0.05) is 12.0 Å². The van der Waals surface area contributed by atoms with E-state index in [2.05, 4.69) is 39.0 Å². The molecular formula is C15H23NO2. The summed E-state index contributed by atoms with van der Waals surface area (Å²) in [7, 11) is 0. The Balaban J connectivity index is 2.20. The fourth-order valence-electron chi connectivity index (χ4n) is 3.02. The highest BCUT2D eigenvalue weighted by atomic mass is 16.6. The van der Waals surface area contributed by atoms with Crippen molar-refractivity contribution in [3.8, 4) is 0 Å². The molecule has 0 aromatic carbocycles. The van der Waals surface area contributed by atoms with Crippen molar-refractivity contribution in [1.82, 2.24) is 4.90 Å².